The Bertz CT molecular complexity index is 362. The van der Waals surface area contributed by atoms with Crippen LogP contribution >= 0.6 is 27.7 Å². The number of nitrogens with one attached hydrogen (secondary N) is 2. The lowest BCUT2D eigenvalue weighted by atomic mass is 10.2. The van der Waals surface area contributed by atoms with Crippen molar-refractivity contribution in [2.24, 2.45) is 0 Å². The highest BCUT2D eigenvalue weighted by molar-refractivity contribution is 9.10. The van der Waals surface area contributed by atoms with Gasteiger partial charge in [0.15, 0.2) is 0 Å². The van der Waals surface area contributed by atoms with E-state index < -0.39 is 0 Å². The number of hydrogen-bond donors (Lipinski definition) is 2. The molecule has 1 aromatic rings. The molecule has 0 spiro atoms. The van der Waals surface area contributed by atoms with E-state index in [4.69, 9.17) is 0 Å². The lowest BCUT2D eigenvalue weighted by Gasteiger charge is -2.16. The second-order valence-electron chi connectivity index (χ2n) is 3.95. The number of aromatic nitrogens is 2. The minimum Gasteiger partial charge on any atom is -0.369 e. The molecule has 0 saturated heterocycles. The molecule has 102 valence electrons. The third-order valence-corrected chi connectivity index (χ3v) is 4.10. The van der Waals surface area contributed by atoms with E-state index in [1.165, 1.54) is 11.5 Å². The summed E-state index contributed by atoms with van der Waals surface area (Å²) in [5, 5.41) is 6.62. The van der Waals surface area contributed by atoms with E-state index >= 15 is 0 Å². The van der Waals surface area contributed by atoms with Crippen molar-refractivity contribution in [1.82, 2.24) is 9.97 Å². The summed E-state index contributed by atoms with van der Waals surface area (Å²) < 4.78 is 0.904. The molecule has 0 amide bonds. The van der Waals surface area contributed by atoms with Crippen LogP contribution in [0.25, 0.3) is 0 Å². The topological polar surface area (TPSA) is 49.8 Å². The van der Waals surface area contributed by atoms with Gasteiger partial charge in [-0.1, -0.05) is 6.92 Å². The maximum atomic E-state index is 4.27. The van der Waals surface area contributed by atoms with Gasteiger partial charge in [-0.15, -0.1) is 0 Å². The Kier molecular flexibility index (Phi) is 7.42. The van der Waals surface area contributed by atoms with Crippen LogP contribution in [-0.4, -0.2) is 34.1 Å². The van der Waals surface area contributed by atoms with E-state index in [2.05, 4.69) is 50.4 Å². The number of hydrogen-bond acceptors (Lipinski definition) is 5. The van der Waals surface area contributed by atoms with Crippen LogP contribution < -0.4 is 10.6 Å². The Morgan fingerprint density at radius 2 is 2.06 bits per heavy atom. The zero-order chi connectivity index (χ0) is 13.4. The normalized spacial score (nSPS) is 12.2. The second-order valence-corrected chi connectivity index (χ2v) is 6.13. The van der Waals surface area contributed by atoms with Crippen molar-refractivity contribution in [3.05, 3.63) is 10.8 Å². The molecular formula is C12H21BrN4S. The first kappa shape index (κ1) is 15.6. The van der Waals surface area contributed by atoms with Crippen molar-refractivity contribution in [2.75, 3.05) is 28.7 Å². The molecule has 0 aromatic carbocycles. The van der Waals surface area contributed by atoms with E-state index in [0.717, 1.165) is 29.1 Å². The highest BCUT2D eigenvalue weighted by atomic mass is 79.9. The average Bonchev–Trinajstić information content (AvgIpc) is 2.35. The van der Waals surface area contributed by atoms with E-state index in [9.17, 15) is 0 Å². The van der Waals surface area contributed by atoms with Crippen LogP contribution in [0.3, 0.4) is 0 Å². The molecular weight excluding hydrogens is 312 g/mol. The molecule has 1 unspecified atom stereocenters. The molecule has 0 aliphatic carbocycles. The van der Waals surface area contributed by atoms with Crippen LogP contribution in [0.2, 0.25) is 0 Å². The maximum absolute atomic E-state index is 4.27. The van der Waals surface area contributed by atoms with Gasteiger partial charge in [0.1, 0.15) is 22.4 Å². The van der Waals surface area contributed by atoms with Gasteiger partial charge in [-0.2, -0.15) is 11.8 Å². The fraction of sp³-hybridized carbons (Fsp3) is 0.667. The fourth-order valence-corrected chi connectivity index (χ4v) is 2.74. The summed E-state index contributed by atoms with van der Waals surface area (Å²) in [7, 11) is 0. The molecule has 0 saturated carbocycles. The molecule has 1 rings (SSSR count). The number of thioether (sulfide) groups is 1. The van der Waals surface area contributed by atoms with Crippen molar-refractivity contribution in [3.8, 4) is 0 Å². The Balaban J connectivity index is 2.58. The summed E-state index contributed by atoms with van der Waals surface area (Å²) in [6.07, 6.45) is 2.71. The van der Waals surface area contributed by atoms with Crippen molar-refractivity contribution in [1.29, 1.82) is 0 Å². The molecule has 0 radical (unpaired) electrons. The Hall–Kier alpha value is -0.490. The SMILES string of the molecule is CCNc1ncnc(NC(C)CCSCC)c1Br. The molecule has 2 N–H and O–H groups in total. The Morgan fingerprint density at radius 1 is 1.33 bits per heavy atom. The van der Waals surface area contributed by atoms with E-state index in [1.54, 1.807) is 6.33 Å². The number of nitrogens with zero attached hydrogens (tertiary/aromatic N) is 2. The first-order valence-corrected chi connectivity index (χ1v) is 8.22. The van der Waals surface area contributed by atoms with Gasteiger partial charge in [0.2, 0.25) is 0 Å². The van der Waals surface area contributed by atoms with Gasteiger partial charge in [0.05, 0.1) is 0 Å². The average molecular weight is 333 g/mol. The molecule has 4 nitrogen and oxygen atoms in total. The number of halogens is 1. The maximum Gasteiger partial charge on any atom is 0.146 e. The Morgan fingerprint density at radius 3 is 2.72 bits per heavy atom. The Labute approximate surface area is 122 Å². The van der Waals surface area contributed by atoms with Gasteiger partial charge in [0, 0.05) is 12.6 Å². The molecule has 0 fully saturated rings. The highest BCUT2D eigenvalue weighted by Crippen LogP contribution is 2.27. The minimum absolute atomic E-state index is 0.407. The lowest BCUT2D eigenvalue weighted by Crippen LogP contribution is -2.18. The first-order valence-electron chi connectivity index (χ1n) is 6.27. The quantitative estimate of drug-likeness (QED) is 0.712. The monoisotopic (exact) mass is 332 g/mol. The van der Waals surface area contributed by atoms with Crippen LogP contribution in [0.5, 0.6) is 0 Å². The molecule has 6 heteroatoms. The van der Waals surface area contributed by atoms with E-state index in [0.29, 0.717) is 6.04 Å². The molecule has 18 heavy (non-hydrogen) atoms. The molecule has 1 heterocycles. The van der Waals surface area contributed by atoms with Gasteiger partial charge in [-0.3, -0.25) is 0 Å². The standard InChI is InChI=1S/C12H21BrN4S/c1-4-14-11-10(13)12(16-8-15-11)17-9(3)6-7-18-5-2/h8-9H,4-7H2,1-3H3,(H2,14,15,16,17). The van der Waals surface area contributed by atoms with Gasteiger partial charge >= 0.3 is 0 Å². The summed E-state index contributed by atoms with van der Waals surface area (Å²) in [4.78, 5) is 8.47. The predicted molar refractivity (Wildman–Crippen MR) is 84.6 cm³/mol. The van der Waals surface area contributed by atoms with Crippen molar-refractivity contribution in [3.63, 3.8) is 0 Å². The zero-order valence-corrected chi connectivity index (χ0v) is 13.6. The molecule has 1 atom stereocenters. The minimum atomic E-state index is 0.407. The first-order chi connectivity index (χ1) is 8.69. The third kappa shape index (κ3) is 5.02. The van der Waals surface area contributed by atoms with Crippen molar-refractivity contribution >= 4 is 39.3 Å². The van der Waals surface area contributed by atoms with Gasteiger partial charge in [-0.25, -0.2) is 9.97 Å². The largest absolute Gasteiger partial charge is 0.369 e. The molecule has 0 aliphatic heterocycles. The zero-order valence-electron chi connectivity index (χ0n) is 11.2. The highest BCUT2D eigenvalue weighted by Gasteiger charge is 2.10. The molecule has 0 bridgehead atoms. The van der Waals surface area contributed by atoms with E-state index in [-0.39, 0.29) is 0 Å². The number of anilines is 2. The van der Waals surface area contributed by atoms with Crippen LogP contribution in [0.4, 0.5) is 11.6 Å². The molecule has 0 aliphatic rings. The van der Waals surface area contributed by atoms with Crippen LogP contribution in [-0.2, 0) is 0 Å². The van der Waals surface area contributed by atoms with Crippen molar-refractivity contribution < 1.29 is 0 Å². The van der Waals surface area contributed by atoms with Crippen molar-refractivity contribution in [2.45, 2.75) is 33.2 Å². The summed E-state index contributed by atoms with van der Waals surface area (Å²) in [6.45, 7) is 7.26. The van der Waals surface area contributed by atoms with E-state index in [1.807, 2.05) is 18.7 Å². The smallest absolute Gasteiger partial charge is 0.146 e. The van der Waals surface area contributed by atoms with Crippen LogP contribution in [0.1, 0.15) is 27.2 Å². The number of rotatable bonds is 8. The van der Waals surface area contributed by atoms with Gasteiger partial charge in [-0.05, 0) is 47.7 Å². The summed E-state index contributed by atoms with van der Waals surface area (Å²) >= 11 is 5.50. The second kappa shape index (κ2) is 8.58. The fourth-order valence-electron chi connectivity index (χ4n) is 1.47. The van der Waals surface area contributed by atoms with Gasteiger partial charge in [0.25, 0.3) is 0 Å². The lowest BCUT2D eigenvalue weighted by molar-refractivity contribution is 0.764. The predicted octanol–water partition coefficient (Wildman–Crippen LogP) is 3.61. The third-order valence-electron chi connectivity index (χ3n) is 2.42. The summed E-state index contributed by atoms with van der Waals surface area (Å²) in [5.74, 6) is 4.04. The summed E-state index contributed by atoms with van der Waals surface area (Å²) in [6, 6.07) is 0.407. The molecule has 1 aromatic heterocycles. The van der Waals surface area contributed by atoms with Gasteiger partial charge < -0.3 is 10.6 Å². The van der Waals surface area contributed by atoms with Crippen LogP contribution in [0.15, 0.2) is 10.8 Å². The van der Waals surface area contributed by atoms with Crippen LogP contribution in [0, 0.1) is 0 Å². The summed E-state index contributed by atoms with van der Waals surface area (Å²) in [5.41, 5.74) is 0.